The highest BCUT2D eigenvalue weighted by Gasteiger charge is 2.26. The molecule has 0 saturated heterocycles. The van der Waals surface area contributed by atoms with Crippen molar-refractivity contribution in [1.29, 1.82) is 0 Å². The Morgan fingerprint density at radius 2 is 1.71 bits per heavy atom. The topological polar surface area (TPSA) is 115 Å². The third kappa shape index (κ3) is 3.49. The number of benzene rings is 2. The van der Waals surface area contributed by atoms with Crippen LogP contribution in [0.4, 0.5) is 17.1 Å². The molecule has 0 aliphatic rings. The number of nitro benzene ring substituents is 2. The fourth-order valence-corrected chi connectivity index (χ4v) is 2.28. The molecule has 24 heavy (non-hydrogen) atoms. The number of anilines is 1. The number of carbonyl (C=O) groups is 1. The van der Waals surface area contributed by atoms with Crippen LogP contribution < -0.4 is 5.32 Å². The predicted octanol–water partition coefficient (Wildman–Crippen LogP) is 4.03. The van der Waals surface area contributed by atoms with Gasteiger partial charge in [-0.2, -0.15) is 0 Å². The van der Waals surface area contributed by atoms with Gasteiger partial charge in [-0.3, -0.25) is 25.0 Å². The number of hydrogen-bond donors (Lipinski definition) is 1. The maximum atomic E-state index is 12.3. The molecule has 2 aromatic rings. The summed E-state index contributed by atoms with van der Waals surface area (Å²) in [6.45, 7) is 3.76. The third-order valence-corrected chi connectivity index (χ3v) is 3.85. The van der Waals surface area contributed by atoms with Crippen molar-refractivity contribution in [3.8, 4) is 0 Å². The molecule has 1 amide bonds. The third-order valence-electron chi connectivity index (χ3n) is 3.46. The minimum atomic E-state index is -0.873. The van der Waals surface area contributed by atoms with E-state index in [-0.39, 0.29) is 5.56 Å². The largest absolute Gasteiger partial charge is 0.322 e. The zero-order chi connectivity index (χ0) is 18.0. The van der Waals surface area contributed by atoms with Crippen molar-refractivity contribution in [2.24, 2.45) is 0 Å². The van der Waals surface area contributed by atoms with E-state index in [4.69, 9.17) is 11.6 Å². The summed E-state index contributed by atoms with van der Waals surface area (Å²) in [7, 11) is 0. The van der Waals surface area contributed by atoms with Crippen LogP contribution in [-0.4, -0.2) is 15.8 Å². The maximum absolute atomic E-state index is 12.3. The van der Waals surface area contributed by atoms with Gasteiger partial charge < -0.3 is 5.32 Å². The highest BCUT2D eigenvalue weighted by atomic mass is 35.5. The monoisotopic (exact) mass is 349 g/mol. The fourth-order valence-electron chi connectivity index (χ4n) is 2.02. The van der Waals surface area contributed by atoms with Crippen molar-refractivity contribution in [3.05, 3.63) is 72.3 Å². The smallest absolute Gasteiger partial charge is 0.295 e. The average Bonchev–Trinajstić information content (AvgIpc) is 2.50. The van der Waals surface area contributed by atoms with Gasteiger partial charge >= 0.3 is 0 Å². The summed E-state index contributed by atoms with van der Waals surface area (Å²) < 4.78 is 0. The van der Waals surface area contributed by atoms with Crippen LogP contribution in [0.25, 0.3) is 0 Å². The van der Waals surface area contributed by atoms with Crippen molar-refractivity contribution < 1.29 is 14.6 Å². The van der Waals surface area contributed by atoms with Gasteiger partial charge in [0.15, 0.2) is 0 Å². The normalized spacial score (nSPS) is 10.3. The Morgan fingerprint density at radius 1 is 1.04 bits per heavy atom. The number of nitrogens with zero attached hydrogens (tertiary/aromatic N) is 2. The van der Waals surface area contributed by atoms with E-state index >= 15 is 0 Å². The molecule has 8 nitrogen and oxygen atoms in total. The molecule has 124 valence electrons. The molecule has 0 aliphatic heterocycles. The lowest BCUT2D eigenvalue weighted by Gasteiger charge is -2.09. The number of aryl methyl sites for hydroxylation is 2. The van der Waals surface area contributed by atoms with E-state index in [1.807, 2.05) is 13.8 Å². The Morgan fingerprint density at radius 3 is 2.25 bits per heavy atom. The van der Waals surface area contributed by atoms with E-state index in [2.05, 4.69) is 5.32 Å². The van der Waals surface area contributed by atoms with Gasteiger partial charge in [-0.1, -0.05) is 17.7 Å². The van der Waals surface area contributed by atoms with Gasteiger partial charge in [0.25, 0.3) is 17.3 Å². The number of carbonyl (C=O) groups excluding carboxylic acids is 1. The van der Waals surface area contributed by atoms with E-state index in [0.717, 1.165) is 23.3 Å². The molecule has 0 saturated carbocycles. The van der Waals surface area contributed by atoms with E-state index in [0.29, 0.717) is 5.69 Å². The molecule has 0 atom stereocenters. The second kappa shape index (κ2) is 6.63. The number of hydrogen-bond acceptors (Lipinski definition) is 5. The van der Waals surface area contributed by atoms with Crippen molar-refractivity contribution in [2.45, 2.75) is 13.8 Å². The second-order valence-electron chi connectivity index (χ2n) is 5.09. The first-order valence-corrected chi connectivity index (χ1v) is 7.09. The number of non-ortho nitro benzene ring substituents is 1. The van der Waals surface area contributed by atoms with Crippen LogP contribution >= 0.6 is 11.6 Å². The van der Waals surface area contributed by atoms with Crippen molar-refractivity contribution >= 4 is 34.6 Å². The number of rotatable bonds is 4. The van der Waals surface area contributed by atoms with Crippen LogP contribution in [0.2, 0.25) is 5.02 Å². The summed E-state index contributed by atoms with van der Waals surface area (Å²) in [4.78, 5) is 32.5. The van der Waals surface area contributed by atoms with Crippen LogP contribution in [0.15, 0.2) is 30.3 Å². The first kappa shape index (κ1) is 17.4. The molecule has 0 heterocycles. The lowest BCUT2D eigenvalue weighted by molar-refractivity contribution is -0.394. The molecule has 2 rings (SSSR count). The lowest BCUT2D eigenvalue weighted by Crippen LogP contribution is -2.14. The number of amides is 1. The maximum Gasteiger partial charge on any atom is 0.295 e. The minimum Gasteiger partial charge on any atom is -0.322 e. The Labute approximate surface area is 141 Å². The van der Waals surface area contributed by atoms with Crippen molar-refractivity contribution in [3.63, 3.8) is 0 Å². The molecule has 2 aromatic carbocycles. The van der Waals surface area contributed by atoms with Crippen molar-refractivity contribution in [2.75, 3.05) is 5.32 Å². The summed E-state index contributed by atoms with van der Waals surface area (Å²) in [6.07, 6.45) is 0. The van der Waals surface area contributed by atoms with Gasteiger partial charge in [0.2, 0.25) is 0 Å². The lowest BCUT2D eigenvalue weighted by atomic mass is 10.1. The standard InChI is InChI=1S/C15H12ClN3O5/c1-8-3-4-10(5-9(8)2)17-15(20)12-6-11(18(21)22)7-13(14(12)16)19(23)24/h3-7H,1-2H3,(H,17,20). The van der Waals surface area contributed by atoms with Crippen molar-refractivity contribution in [1.82, 2.24) is 0 Å². The molecule has 0 spiro atoms. The SMILES string of the molecule is Cc1ccc(NC(=O)c2cc([N+](=O)[O-])cc([N+](=O)[O-])c2Cl)cc1C. The molecule has 0 aromatic heterocycles. The highest BCUT2D eigenvalue weighted by molar-refractivity contribution is 6.36. The fraction of sp³-hybridized carbons (Fsp3) is 0.133. The summed E-state index contributed by atoms with van der Waals surface area (Å²) in [6, 6.07) is 6.79. The molecule has 0 radical (unpaired) electrons. The Kier molecular flexibility index (Phi) is 4.79. The van der Waals surface area contributed by atoms with Crippen LogP contribution in [-0.2, 0) is 0 Å². The average molecular weight is 350 g/mol. The first-order valence-electron chi connectivity index (χ1n) is 6.71. The van der Waals surface area contributed by atoms with Crippen LogP contribution in [0.3, 0.4) is 0 Å². The molecule has 0 unspecified atom stereocenters. The summed E-state index contributed by atoms with van der Waals surface area (Å²) in [5.74, 6) is -0.768. The zero-order valence-electron chi connectivity index (χ0n) is 12.7. The summed E-state index contributed by atoms with van der Waals surface area (Å²) in [5, 5.41) is 24.0. The quantitative estimate of drug-likeness (QED) is 0.660. The van der Waals surface area contributed by atoms with E-state index < -0.39 is 32.2 Å². The van der Waals surface area contributed by atoms with Gasteiger partial charge in [0.05, 0.1) is 21.5 Å². The zero-order valence-corrected chi connectivity index (χ0v) is 13.5. The number of nitrogens with one attached hydrogen (secondary N) is 1. The van der Waals surface area contributed by atoms with E-state index in [1.165, 1.54) is 0 Å². The first-order chi connectivity index (χ1) is 11.2. The Balaban J connectivity index is 2.46. The van der Waals surface area contributed by atoms with Gasteiger partial charge in [-0.15, -0.1) is 0 Å². The molecule has 9 heteroatoms. The Bertz CT molecular complexity index is 866. The molecular weight excluding hydrogens is 338 g/mol. The van der Waals surface area contributed by atoms with Gasteiger partial charge in [-0.25, -0.2) is 0 Å². The van der Waals surface area contributed by atoms with Crippen LogP contribution in [0, 0.1) is 34.1 Å². The highest BCUT2D eigenvalue weighted by Crippen LogP contribution is 2.33. The predicted molar refractivity (Wildman–Crippen MR) is 88.6 cm³/mol. The second-order valence-corrected chi connectivity index (χ2v) is 5.47. The molecule has 0 bridgehead atoms. The van der Waals surface area contributed by atoms with Gasteiger partial charge in [-0.05, 0) is 37.1 Å². The molecular formula is C15H12ClN3O5. The molecule has 0 aliphatic carbocycles. The number of halogens is 1. The van der Waals surface area contributed by atoms with E-state index in [1.54, 1.807) is 18.2 Å². The van der Waals surface area contributed by atoms with Crippen LogP contribution in [0.1, 0.15) is 21.5 Å². The minimum absolute atomic E-state index is 0.337. The molecule has 0 fully saturated rings. The summed E-state index contributed by atoms with van der Waals surface area (Å²) in [5.41, 5.74) is 0.789. The van der Waals surface area contributed by atoms with Gasteiger partial charge in [0, 0.05) is 11.8 Å². The Hall–Kier alpha value is -3.00. The van der Waals surface area contributed by atoms with Crippen LogP contribution in [0.5, 0.6) is 0 Å². The summed E-state index contributed by atoms with van der Waals surface area (Å²) >= 11 is 5.87. The number of nitro groups is 2. The van der Waals surface area contributed by atoms with Gasteiger partial charge in [0.1, 0.15) is 5.02 Å². The van der Waals surface area contributed by atoms with E-state index in [9.17, 15) is 25.0 Å². The molecule has 1 N–H and O–H groups in total.